The molecule has 1 atom stereocenters. The maximum Gasteiger partial charge on any atom is 0.256 e. The fraction of sp³-hybridized carbons (Fsp3) is 0.533. The molecular formula is C15H21ClFN3O. The molecular weight excluding hydrogens is 293 g/mol. The zero-order chi connectivity index (χ0) is 13.9. The molecule has 0 saturated carbocycles. The van der Waals surface area contributed by atoms with Crippen molar-refractivity contribution in [2.75, 3.05) is 39.3 Å². The first kappa shape index (κ1) is 16.2. The van der Waals surface area contributed by atoms with E-state index < -0.39 is 5.82 Å². The van der Waals surface area contributed by atoms with Gasteiger partial charge in [-0.2, -0.15) is 0 Å². The number of piperazine rings is 1. The van der Waals surface area contributed by atoms with Gasteiger partial charge in [0.25, 0.3) is 5.91 Å². The summed E-state index contributed by atoms with van der Waals surface area (Å²) in [6.07, 6.45) is 0.986. The zero-order valence-corrected chi connectivity index (χ0v) is 12.7. The topological polar surface area (TPSA) is 35.6 Å². The average Bonchev–Trinajstić information content (AvgIpc) is 2.98. The molecule has 2 saturated heterocycles. The van der Waals surface area contributed by atoms with Crippen molar-refractivity contribution in [1.29, 1.82) is 0 Å². The number of benzene rings is 1. The summed E-state index contributed by atoms with van der Waals surface area (Å²) in [6, 6.07) is 6.65. The number of carbonyl (C=O) groups excluding carboxylic acids is 1. The van der Waals surface area contributed by atoms with Crippen LogP contribution in [0.25, 0.3) is 0 Å². The summed E-state index contributed by atoms with van der Waals surface area (Å²) in [6.45, 7) is 5.53. The third kappa shape index (κ3) is 3.54. The molecule has 4 nitrogen and oxygen atoms in total. The van der Waals surface area contributed by atoms with Crippen LogP contribution in [-0.2, 0) is 0 Å². The lowest BCUT2D eigenvalue weighted by molar-refractivity contribution is 0.0769. The van der Waals surface area contributed by atoms with Crippen LogP contribution in [0.3, 0.4) is 0 Å². The molecule has 21 heavy (non-hydrogen) atoms. The van der Waals surface area contributed by atoms with Crippen LogP contribution in [0.15, 0.2) is 24.3 Å². The van der Waals surface area contributed by atoms with Gasteiger partial charge in [0.15, 0.2) is 0 Å². The zero-order valence-electron chi connectivity index (χ0n) is 11.9. The minimum Gasteiger partial charge on any atom is -0.337 e. The van der Waals surface area contributed by atoms with Crippen molar-refractivity contribution < 1.29 is 9.18 Å². The SMILES string of the molecule is Cl.O=C(c1ccccc1F)N1CCC(N2CCNCC2)C1. The highest BCUT2D eigenvalue weighted by Gasteiger charge is 2.31. The highest BCUT2D eigenvalue weighted by Crippen LogP contribution is 2.19. The smallest absolute Gasteiger partial charge is 0.256 e. The van der Waals surface area contributed by atoms with Crippen LogP contribution < -0.4 is 5.32 Å². The van der Waals surface area contributed by atoms with Crippen LogP contribution >= 0.6 is 12.4 Å². The third-order valence-electron chi connectivity index (χ3n) is 4.22. The van der Waals surface area contributed by atoms with Crippen LogP contribution in [0.2, 0.25) is 0 Å². The molecule has 1 aromatic rings. The number of hydrogen-bond acceptors (Lipinski definition) is 3. The van der Waals surface area contributed by atoms with Crippen LogP contribution in [0.1, 0.15) is 16.8 Å². The third-order valence-corrected chi connectivity index (χ3v) is 4.22. The Morgan fingerprint density at radius 1 is 1.19 bits per heavy atom. The van der Waals surface area contributed by atoms with Gasteiger partial charge in [-0.15, -0.1) is 12.4 Å². The molecule has 2 aliphatic heterocycles. The lowest BCUT2D eigenvalue weighted by Crippen LogP contribution is -2.49. The lowest BCUT2D eigenvalue weighted by atomic mass is 10.2. The summed E-state index contributed by atoms with van der Waals surface area (Å²) in [7, 11) is 0. The predicted octanol–water partition coefficient (Wildman–Crippen LogP) is 1.37. The molecule has 2 fully saturated rings. The van der Waals surface area contributed by atoms with Gasteiger partial charge in [-0.25, -0.2) is 4.39 Å². The Morgan fingerprint density at radius 3 is 2.62 bits per heavy atom. The molecule has 1 N–H and O–H groups in total. The van der Waals surface area contributed by atoms with Gasteiger partial charge in [0.1, 0.15) is 5.82 Å². The number of carbonyl (C=O) groups is 1. The van der Waals surface area contributed by atoms with Crippen LogP contribution in [0.5, 0.6) is 0 Å². The summed E-state index contributed by atoms with van der Waals surface area (Å²) in [4.78, 5) is 16.6. The number of nitrogens with one attached hydrogen (secondary N) is 1. The number of likely N-dealkylation sites (tertiary alicyclic amines) is 1. The van der Waals surface area contributed by atoms with E-state index in [0.29, 0.717) is 12.6 Å². The van der Waals surface area contributed by atoms with E-state index in [2.05, 4.69) is 10.2 Å². The average molecular weight is 314 g/mol. The highest BCUT2D eigenvalue weighted by atomic mass is 35.5. The van der Waals surface area contributed by atoms with Gasteiger partial charge in [-0.1, -0.05) is 12.1 Å². The number of halogens is 2. The van der Waals surface area contributed by atoms with Crippen molar-refractivity contribution in [2.45, 2.75) is 12.5 Å². The molecule has 2 aliphatic rings. The van der Waals surface area contributed by atoms with Crippen LogP contribution in [0.4, 0.5) is 4.39 Å². The van der Waals surface area contributed by atoms with Gasteiger partial charge in [0, 0.05) is 45.3 Å². The number of rotatable bonds is 2. The van der Waals surface area contributed by atoms with E-state index in [4.69, 9.17) is 0 Å². The summed E-state index contributed by atoms with van der Waals surface area (Å²) < 4.78 is 13.7. The first-order chi connectivity index (χ1) is 9.75. The van der Waals surface area contributed by atoms with Crippen molar-refractivity contribution in [3.05, 3.63) is 35.6 Å². The van der Waals surface area contributed by atoms with Crippen molar-refractivity contribution in [3.63, 3.8) is 0 Å². The molecule has 0 aromatic heterocycles. The van der Waals surface area contributed by atoms with Gasteiger partial charge in [0.2, 0.25) is 0 Å². The number of hydrogen-bond donors (Lipinski definition) is 1. The van der Waals surface area contributed by atoms with Crippen molar-refractivity contribution >= 4 is 18.3 Å². The fourth-order valence-electron chi connectivity index (χ4n) is 3.08. The molecule has 1 aromatic carbocycles. The maximum atomic E-state index is 13.7. The summed E-state index contributed by atoms with van der Waals surface area (Å²) in [5, 5.41) is 3.33. The van der Waals surface area contributed by atoms with E-state index in [9.17, 15) is 9.18 Å². The minimum absolute atomic E-state index is 0. The molecule has 6 heteroatoms. The molecule has 0 spiro atoms. The maximum absolute atomic E-state index is 13.7. The standard InChI is InChI=1S/C15H20FN3O.ClH/c16-14-4-2-1-3-13(14)15(20)19-8-5-12(11-19)18-9-6-17-7-10-18;/h1-4,12,17H,5-11H2;1H. The minimum atomic E-state index is -0.428. The second-order valence-electron chi connectivity index (χ2n) is 5.46. The van der Waals surface area contributed by atoms with E-state index in [1.807, 2.05) is 0 Å². The molecule has 2 heterocycles. The van der Waals surface area contributed by atoms with E-state index in [0.717, 1.165) is 39.1 Å². The van der Waals surface area contributed by atoms with E-state index in [-0.39, 0.29) is 23.9 Å². The number of amides is 1. The molecule has 1 unspecified atom stereocenters. The van der Waals surface area contributed by atoms with E-state index in [1.54, 1.807) is 23.1 Å². The van der Waals surface area contributed by atoms with Crippen LogP contribution in [-0.4, -0.2) is 61.0 Å². The lowest BCUT2D eigenvalue weighted by Gasteiger charge is -2.32. The highest BCUT2D eigenvalue weighted by molar-refractivity contribution is 5.94. The second kappa shape index (κ2) is 7.20. The molecule has 0 bridgehead atoms. The van der Waals surface area contributed by atoms with Crippen molar-refractivity contribution in [2.24, 2.45) is 0 Å². The first-order valence-corrected chi connectivity index (χ1v) is 7.24. The van der Waals surface area contributed by atoms with Gasteiger partial charge < -0.3 is 10.2 Å². The van der Waals surface area contributed by atoms with E-state index >= 15 is 0 Å². The Labute approximate surface area is 130 Å². The van der Waals surface area contributed by atoms with Gasteiger partial charge in [-0.3, -0.25) is 9.69 Å². The van der Waals surface area contributed by atoms with Gasteiger partial charge in [-0.05, 0) is 18.6 Å². The Hall–Kier alpha value is -1.17. The summed E-state index contributed by atoms with van der Waals surface area (Å²) in [5.74, 6) is -0.608. The Morgan fingerprint density at radius 2 is 1.90 bits per heavy atom. The first-order valence-electron chi connectivity index (χ1n) is 7.24. The van der Waals surface area contributed by atoms with Crippen molar-refractivity contribution in [3.8, 4) is 0 Å². The monoisotopic (exact) mass is 313 g/mol. The van der Waals surface area contributed by atoms with Crippen molar-refractivity contribution in [1.82, 2.24) is 15.1 Å². The molecule has 1 amide bonds. The predicted molar refractivity (Wildman–Crippen MR) is 82.4 cm³/mol. The molecule has 0 radical (unpaired) electrons. The normalized spacial score (nSPS) is 22.9. The Bertz CT molecular complexity index is 494. The Balaban J connectivity index is 0.00000161. The van der Waals surface area contributed by atoms with E-state index in [1.165, 1.54) is 6.07 Å². The summed E-state index contributed by atoms with van der Waals surface area (Å²) >= 11 is 0. The quantitative estimate of drug-likeness (QED) is 0.896. The van der Waals surface area contributed by atoms with Crippen LogP contribution in [0, 0.1) is 5.82 Å². The largest absolute Gasteiger partial charge is 0.337 e. The fourth-order valence-corrected chi connectivity index (χ4v) is 3.08. The Kier molecular flexibility index (Phi) is 5.56. The second-order valence-corrected chi connectivity index (χ2v) is 5.46. The summed E-state index contributed by atoms with van der Waals surface area (Å²) in [5.41, 5.74) is 0.188. The van der Waals surface area contributed by atoms with Gasteiger partial charge in [0.05, 0.1) is 5.56 Å². The molecule has 116 valence electrons. The molecule has 0 aliphatic carbocycles. The van der Waals surface area contributed by atoms with Gasteiger partial charge >= 0.3 is 0 Å². The number of nitrogens with zero attached hydrogens (tertiary/aromatic N) is 2. The molecule has 3 rings (SSSR count).